The van der Waals surface area contributed by atoms with E-state index >= 15 is 0 Å². The maximum Gasteiger partial charge on any atom is 0.220 e. The number of hydrogen-bond donors (Lipinski definition) is 0. The Labute approximate surface area is 164 Å². The second-order valence-electron chi connectivity index (χ2n) is 8.23. The molecule has 27 heavy (non-hydrogen) atoms. The summed E-state index contributed by atoms with van der Waals surface area (Å²) in [6, 6.07) is 12.4. The molecular weight excluding hydrogens is 333 g/mol. The second-order valence-corrected chi connectivity index (χ2v) is 8.23. The molecule has 0 spiro atoms. The van der Waals surface area contributed by atoms with Crippen molar-refractivity contribution in [2.45, 2.75) is 84.0 Å². The van der Waals surface area contributed by atoms with E-state index in [1.165, 1.54) is 56.9 Å². The van der Waals surface area contributed by atoms with Gasteiger partial charge in [0.2, 0.25) is 5.95 Å². The molecule has 0 saturated heterocycles. The lowest BCUT2D eigenvalue weighted by Crippen LogP contribution is -2.13. The summed E-state index contributed by atoms with van der Waals surface area (Å²) in [7, 11) is 0. The van der Waals surface area contributed by atoms with E-state index in [0.29, 0.717) is 11.5 Å². The van der Waals surface area contributed by atoms with Crippen LogP contribution < -0.4 is 0 Å². The van der Waals surface area contributed by atoms with Crippen molar-refractivity contribution in [1.82, 2.24) is 4.98 Å². The molecule has 0 amide bonds. The van der Waals surface area contributed by atoms with Gasteiger partial charge >= 0.3 is 0 Å². The molecule has 0 N–H and O–H groups in total. The summed E-state index contributed by atoms with van der Waals surface area (Å²) in [6.07, 6.45) is 12.7. The third kappa shape index (κ3) is 5.40. The van der Waals surface area contributed by atoms with Crippen molar-refractivity contribution in [1.29, 1.82) is 0 Å². The molecule has 1 saturated carbocycles. The van der Waals surface area contributed by atoms with Crippen LogP contribution in [-0.4, -0.2) is 4.98 Å². The first kappa shape index (κ1) is 20.0. The molecule has 2 aromatic rings. The minimum absolute atomic E-state index is 0.346. The van der Waals surface area contributed by atoms with Crippen LogP contribution in [0.15, 0.2) is 36.4 Å². The van der Waals surface area contributed by atoms with Crippen molar-refractivity contribution in [2.75, 3.05) is 0 Å². The zero-order valence-corrected chi connectivity index (χ0v) is 17.0. The van der Waals surface area contributed by atoms with Crippen molar-refractivity contribution in [3.8, 4) is 11.1 Å². The predicted molar refractivity (Wildman–Crippen MR) is 112 cm³/mol. The number of aryl methyl sites for hydroxylation is 1. The van der Waals surface area contributed by atoms with Crippen molar-refractivity contribution in [3.05, 3.63) is 53.6 Å². The van der Waals surface area contributed by atoms with E-state index in [4.69, 9.17) is 0 Å². The van der Waals surface area contributed by atoms with Crippen molar-refractivity contribution in [2.24, 2.45) is 5.92 Å². The Morgan fingerprint density at radius 1 is 0.889 bits per heavy atom. The number of nitrogens with zero attached hydrogens (tertiary/aromatic N) is 1. The Morgan fingerprint density at radius 3 is 2.26 bits per heavy atom. The molecule has 1 heterocycles. The summed E-state index contributed by atoms with van der Waals surface area (Å²) >= 11 is 0. The topological polar surface area (TPSA) is 12.9 Å². The summed E-state index contributed by atoms with van der Waals surface area (Å²) in [6.45, 7) is 4.37. The van der Waals surface area contributed by atoms with E-state index in [9.17, 15) is 4.39 Å². The van der Waals surface area contributed by atoms with E-state index in [-0.39, 0.29) is 5.95 Å². The average Bonchev–Trinajstić information content (AvgIpc) is 2.69. The highest BCUT2D eigenvalue weighted by Crippen LogP contribution is 2.38. The highest BCUT2D eigenvalue weighted by Gasteiger charge is 2.22. The Balaban J connectivity index is 1.60. The number of hydrogen-bond acceptors (Lipinski definition) is 1. The zero-order chi connectivity index (χ0) is 19.1. The molecule has 0 aliphatic heterocycles. The third-order valence-electron chi connectivity index (χ3n) is 6.17. The van der Waals surface area contributed by atoms with Crippen LogP contribution in [0.25, 0.3) is 11.1 Å². The lowest BCUT2D eigenvalue weighted by molar-refractivity contribution is 0.303. The molecule has 2 heteroatoms. The largest absolute Gasteiger partial charge is 0.224 e. The molecular formula is C25H34FN. The quantitative estimate of drug-likeness (QED) is 0.344. The maximum absolute atomic E-state index is 14.4. The fourth-order valence-electron chi connectivity index (χ4n) is 4.48. The molecule has 1 nitrogen and oxygen atoms in total. The number of unbranched alkanes of at least 4 members (excludes halogenated alkanes) is 2. The summed E-state index contributed by atoms with van der Waals surface area (Å²) in [4.78, 5) is 4.12. The van der Waals surface area contributed by atoms with Gasteiger partial charge in [-0.15, -0.1) is 0 Å². The number of aromatic nitrogens is 1. The van der Waals surface area contributed by atoms with Gasteiger partial charge in [0.15, 0.2) is 0 Å². The van der Waals surface area contributed by atoms with Gasteiger partial charge in [0, 0.05) is 11.3 Å². The van der Waals surface area contributed by atoms with Crippen LogP contribution in [0.5, 0.6) is 0 Å². The summed E-state index contributed by atoms with van der Waals surface area (Å²) < 4.78 is 14.4. The normalized spacial score (nSPS) is 20.0. The molecule has 0 atom stereocenters. The molecule has 1 aliphatic carbocycles. The van der Waals surface area contributed by atoms with E-state index in [1.54, 1.807) is 0 Å². The van der Waals surface area contributed by atoms with Crippen LogP contribution in [0, 0.1) is 11.9 Å². The maximum atomic E-state index is 14.4. The van der Waals surface area contributed by atoms with Gasteiger partial charge in [0.25, 0.3) is 0 Å². The summed E-state index contributed by atoms with van der Waals surface area (Å²) in [5.74, 6) is 1.27. The predicted octanol–water partition coefficient (Wildman–Crippen LogP) is 7.69. The van der Waals surface area contributed by atoms with E-state index in [2.05, 4.69) is 43.1 Å². The molecule has 0 unspecified atom stereocenters. The van der Waals surface area contributed by atoms with Crippen LogP contribution >= 0.6 is 0 Å². The average molecular weight is 368 g/mol. The molecule has 1 aromatic carbocycles. The second kappa shape index (κ2) is 10.0. The van der Waals surface area contributed by atoms with Crippen molar-refractivity contribution < 1.29 is 4.39 Å². The first-order chi connectivity index (χ1) is 13.2. The molecule has 1 aliphatic rings. The van der Waals surface area contributed by atoms with Gasteiger partial charge in [-0.1, -0.05) is 70.2 Å². The fraction of sp³-hybridized carbons (Fsp3) is 0.560. The summed E-state index contributed by atoms with van der Waals surface area (Å²) in [5.41, 5.74) is 3.80. The van der Waals surface area contributed by atoms with Crippen molar-refractivity contribution >= 4 is 0 Å². The Bertz CT molecular complexity index is 699. The van der Waals surface area contributed by atoms with Gasteiger partial charge in [-0.05, 0) is 67.2 Å². The molecule has 1 fully saturated rings. The number of rotatable bonds is 8. The van der Waals surface area contributed by atoms with Crippen LogP contribution in [-0.2, 0) is 6.42 Å². The lowest BCUT2D eigenvalue weighted by Gasteiger charge is -2.29. The number of halogens is 1. The molecule has 0 bridgehead atoms. The molecule has 146 valence electrons. The smallest absolute Gasteiger partial charge is 0.220 e. The van der Waals surface area contributed by atoms with Gasteiger partial charge in [0.1, 0.15) is 0 Å². The van der Waals surface area contributed by atoms with Crippen LogP contribution in [0.3, 0.4) is 0 Å². The van der Waals surface area contributed by atoms with E-state index in [1.807, 2.05) is 12.1 Å². The zero-order valence-electron chi connectivity index (χ0n) is 17.0. The van der Waals surface area contributed by atoms with Crippen LogP contribution in [0.1, 0.15) is 88.8 Å². The van der Waals surface area contributed by atoms with Crippen LogP contribution in [0.2, 0.25) is 0 Å². The third-order valence-corrected chi connectivity index (χ3v) is 6.17. The highest BCUT2D eigenvalue weighted by atomic mass is 19.1. The Kier molecular flexibility index (Phi) is 7.43. The van der Waals surface area contributed by atoms with E-state index in [0.717, 1.165) is 30.0 Å². The first-order valence-corrected chi connectivity index (χ1v) is 11.0. The van der Waals surface area contributed by atoms with Gasteiger partial charge in [-0.25, -0.2) is 4.98 Å². The standard InChI is InChI=1S/C25H34FN/c1-3-5-6-8-19-9-11-20(12-10-19)21-13-15-22(16-14-21)24-18-17-23(7-4-2)27-25(24)26/h13-20H,3-12H2,1-2H3. The van der Waals surface area contributed by atoms with Gasteiger partial charge in [-0.3, -0.25) is 0 Å². The minimum atomic E-state index is -0.346. The number of pyridine rings is 1. The minimum Gasteiger partial charge on any atom is -0.224 e. The molecule has 3 rings (SSSR count). The number of benzene rings is 1. The molecule has 1 aromatic heterocycles. The lowest BCUT2D eigenvalue weighted by atomic mass is 9.77. The van der Waals surface area contributed by atoms with Crippen LogP contribution in [0.4, 0.5) is 4.39 Å². The Hall–Kier alpha value is -1.70. The highest BCUT2D eigenvalue weighted by molar-refractivity contribution is 5.63. The SMILES string of the molecule is CCCCCC1CCC(c2ccc(-c3ccc(CCC)nc3F)cc2)CC1. The van der Waals surface area contributed by atoms with Gasteiger partial charge in [-0.2, -0.15) is 4.39 Å². The van der Waals surface area contributed by atoms with Gasteiger partial charge in [0.05, 0.1) is 0 Å². The van der Waals surface area contributed by atoms with Crippen molar-refractivity contribution in [3.63, 3.8) is 0 Å². The summed E-state index contributed by atoms with van der Waals surface area (Å²) in [5, 5.41) is 0. The van der Waals surface area contributed by atoms with E-state index < -0.39 is 0 Å². The Morgan fingerprint density at radius 2 is 1.63 bits per heavy atom. The first-order valence-electron chi connectivity index (χ1n) is 11.0. The fourth-order valence-corrected chi connectivity index (χ4v) is 4.48. The molecule has 0 radical (unpaired) electrons. The monoisotopic (exact) mass is 367 g/mol. The van der Waals surface area contributed by atoms with Gasteiger partial charge < -0.3 is 0 Å².